The van der Waals surface area contributed by atoms with Crippen LogP contribution in [0.3, 0.4) is 0 Å². The van der Waals surface area contributed by atoms with Crippen molar-refractivity contribution in [2.24, 2.45) is 0 Å². The Labute approximate surface area is 170 Å². The molecule has 4 rings (SSSR count). The van der Waals surface area contributed by atoms with Crippen LogP contribution in [0.2, 0.25) is 0 Å². The van der Waals surface area contributed by atoms with Crippen LogP contribution >= 0.6 is 0 Å². The van der Waals surface area contributed by atoms with Crippen molar-refractivity contribution in [2.75, 3.05) is 11.4 Å². The lowest BCUT2D eigenvalue weighted by Gasteiger charge is -2.24. The van der Waals surface area contributed by atoms with Crippen molar-refractivity contribution < 1.29 is 4.79 Å². The Hall–Kier alpha value is -3.40. The number of nitrogens with zero attached hydrogens (tertiary/aromatic N) is 2. The number of hydrogen-bond acceptors (Lipinski definition) is 2. The van der Waals surface area contributed by atoms with E-state index in [1.54, 1.807) is 0 Å². The van der Waals surface area contributed by atoms with Crippen molar-refractivity contribution in [1.82, 2.24) is 4.57 Å². The summed E-state index contributed by atoms with van der Waals surface area (Å²) >= 11 is 0. The Bertz CT molecular complexity index is 1150. The summed E-state index contributed by atoms with van der Waals surface area (Å²) in [5.74, 6) is 0.0172. The maximum atomic E-state index is 13.4. The summed E-state index contributed by atoms with van der Waals surface area (Å²) in [7, 11) is 0. The van der Waals surface area contributed by atoms with E-state index in [1.807, 2.05) is 88.3 Å². The van der Waals surface area contributed by atoms with Gasteiger partial charge in [-0.25, -0.2) is 0 Å². The number of para-hydroxylation sites is 3. The Morgan fingerprint density at radius 1 is 0.828 bits per heavy atom. The maximum Gasteiger partial charge on any atom is 0.246 e. The van der Waals surface area contributed by atoms with Gasteiger partial charge in [-0.1, -0.05) is 55.8 Å². The minimum Gasteiger partial charge on any atom is -0.331 e. The quantitative estimate of drug-likeness (QED) is 0.440. The van der Waals surface area contributed by atoms with Crippen LogP contribution in [0.4, 0.5) is 5.69 Å². The number of anilines is 1. The first-order chi connectivity index (χ1) is 14.2. The molecule has 3 aromatic carbocycles. The third-order valence-corrected chi connectivity index (χ3v) is 5.28. The molecule has 0 spiro atoms. The zero-order valence-electron chi connectivity index (χ0n) is 16.5. The first-order valence-electron chi connectivity index (χ1n) is 10.1. The van der Waals surface area contributed by atoms with Crippen LogP contribution in [-0.2, 0) is 11.3 Å². The van der Waals surface area contributed by atoms with Gasteiger partial charge in [0.15, 0.2) is 5.43 Å². The summed E-state index contributed by atoms with van der Waals surface area (Å²) in [6, 6.07) is 24.8. The third-order valence-electron chi connectivity index (χ3n) is 5.28. The molecule has 4 nitrogen and oxygen atoms in total. The van der Waals surface area contributed by atoms with Gasteiger partial charge in [0.1, 0.15) is 6.54 Å². The fourth-order valence-electron chi connectivity index (χ4n) is 3.79. The molecule has 0 N–H and O–H groups in total. The van der Waals surface area contributed by atoms with E-state index in [-0.39, 0.29) is 17.9 Å². The molecule has 0 radical (unpaired) electrons. The topological polar surface area (TPSA) is 42.3 Å². The highest BCUT2D eigenvalue weighted by Crippen LogP contribution is 2.21. The number of amides is 1. The number of unbranched alkanes of at least 4 members (excludes halogenated alkanes) is 1. The van der Waals surface area contributed by atoms with Gasteiger partial charge in [-0.3, -0.25) is 9.59 Å². The Morgan fingerprint density at radius 2 is 1.38 bits per heavy atom. The Morgan fingerprint density at radius 3 is 1.97 bits per heavy atom. The van der Waals surface area contributed by atoms with Crippen molar-refractivity contribution in [3.63, 3.8) is 0 Å². The standard InChI is InChI=1S/C25H24N2O2/c1-2-3-17-26(19-11-5-4-6-12-19)24(28)18-27-22-15-9-7-13-20(22)25(29)21-14-8-10-16-23(21)27/h4-16H,2-3,17-18H2,1H3. The molecule has 0 aliphatic heterocycles. The van der Waals surface area contributed by atoms with Crippen LogP contribution in [0.15, 0.2) is 83.7 Å². The SMILES string of the molecule is CCCCN(C(=O)Cn1c2ccccc2c(=O)c2ccccc21)c1ccccc1. The highest BCUT2D eigenvalue weighted by atomic mass is 16.2. The zero-order chi connectivity index (χ0) is 20.2. The number of hydrogen-bond donors (Lipinski definition) is 0. The summed E-state index contributed by atoms with van der Waals surface area (Å²) in [6.45, 7) is 2.98. The monoisotopic (exact) mass is 384 g/mol. The number of carbonyl (C=O) groups excluding carboxylic acids is 1. The number of fused-ring (bicyclic) bond motifs is 2. The fraction of sp³-hybridized carbons (Fsp3) is 0.200. The van der Waals surface area contributed by atoms with Gasteiger partial charge in [-0.05, 0) is 42.8 Å². The molecule has 0 fully saturated rings. The van der Waals surface area contributed by atoms with Crippen LogP contribution in [0, 0.1) is 0 Å². The molecule has 0 atom stereocenters. The Balaban J connectivity index is 1.82. The van der Waals surface area contributed by atoms with E-state index in [9.17, 15) is 9.59 Å². The molecule has 1 heterocycles. The van der Waals surface area contributed by atoms with Crippen molar-refractivity contribution in [1.29, 1.82) is 0 Å². The molecule has 0 unspecified atom stereocenters. The molecular weight excluding hydrogens is 360 g/mol. The summed E-state index contributed by atoms with van der Waals surface area (Å²) in [6.07, 6.45) is 1.95. The van der Waals surface area contributed by atoms with Crippen molar-refractivity contribution >= 4 is 33.4 Å². The van der Waals surface area contributed by atoms with E-state index in [2.05, 4.69) is 6.92 Å². The minimum atomic E-state index is 0.00537. The van der Waals surface area contributed by atoms with Gasteiger partial charge < -0.3 is 9.47 Å². The average Bonchev–Trinajstić information content (AvgIpc) is 2.77. The van der Waals surface area contributed by atoms with Crippen molar-refractivity contribution in [3.05, 3.63) is 89.1 Å². The van der Waals surface area contributed by atoms with Gasteiger partial charge in [-0.2, -0.15) is 0 Å². The normalized spacial score (nSPS) is 11.1. The largest absolute Gasteiger partial charge is 0.331 e. The lowest BCUT2D eigenvalue weighted by Crippen LogP contribution is -2.35. The minimum absolute atomic E-state index is 0.00537. The van der Waals surface area contributed by atoms with Crippen LogP contribution in [0.5, 0.6) is 0 Å². The Kier molecular flexibility index (Phi) is 5.43. The zero-order valence-corrected chi connectivity index (χ0v) is 16.5. The maximum absolute atomic E-state index is 13.4. The van der Waals surface area contributed by atoms with Crippen LogP contribution < -0.4 is 10.3 Å². The molecule has 4 heteroatoms. The molecule has 146 valence electrons. The molecule has 0 aliphatic carbocycles. The first kappa shape index (κ1) is 18.9. The highest BCUT2D eigenvalue weighted by Gasteiger charge is 2.18. The van der Waals surface area contributed by atoms with Gasteiger partial charge in [0.05, 0.1) is 11.0 Å². The smallest absolute Gasteiger partial charge is 0.246 e. The van der Waals surface area contributed by atoms with Gasteiger partial charge in [0.25, 0.3) is 0 Å². The molecule has 1 amide bonds. The lowest BCUT2D eigenvalue weighted by molar-refractivity contribution is -0.119. The van der Waals surface area contributed by atoms with Gasteiger partial charge >= 0.3 is 0 Å². The molecule has 4 aromatic rings. The molecule has 0 aliphatic rings. The molecular formula is C25H24N2O2. The molecule has 0 saturated heterocycles. The highest BCUT2D eigenvalue weighted by molar-refractivity contribution is 5.98. The molecule has 0 saturated carbocycles. The second-order valence-corrected chi connectivity index (χ2v) is 7.18. The number of pyridine rings is 1. The van der Waals surface area contributed by atoms with E-state index in [0.717, 1.165) is 29.6 Å². The molecule has 29 heavy (non-hydrogen) atoms. The van der Waals surface area contributed by atoms with Crippen LogP contribution in [-0.4, -0.2) is 17.0 Å². The molecule has 1 aromatic heterocycles. The summed E-state index contributed by atoms with van der Waals surface area (Å²) in [4.78, 5) is 28.2. The van der Waals surface area contributed by atoms with Gasteiger partial charge in [0.2, 0.25) is 5.91 Å². The van der Waals surface area contributed by atoms with E-state index in [4.69, 9.17) is 0 Å². The third kappa shape index (κ3) is 3.66. The number of rotatable bonds is 6. The van der Waals surface area contributed by atoms with Crippen molar-refractivity contribution in [2.45, 2.75) is 26.3 Å². The van der Waals surface area contributed by atoms with E-state index < -0.39 is 0 Å². The number of benzene rings is 3. The van der Waals surface area contributed by atoms with Crippen molar-refractivity contribution in [3.8, 4) is 0 Å². The van der Waals surface area contributed by atoms with Gasteiger partial charge in [-0.15, -0.1) is 0 Å². The van der Waals surface area contributed by atoms with E-state index >= 15 is 0 Å². The second kappa shape index (κ2) is 8.31. The van der Waals surface area contributed by atoms with E-state index in [1.165, 1.54) is 0 Å². The summed E-state index contributed by atoms with van der Waals surface area (Å²) in [5.41, 5.74) is 2.48. The predicted octanol–water partition coefficient (Wildman–Crippen LogP) is 4.99. The van der Waals surface area contributed by atoms with E-state index in [0.29, 0.717) is 17.3 Å². The average molecular weight is 384 g/mol. The lowest BCUT2D eigenvalue weighted by atomic mass is 10.1. The predicted molar refractivity (Wildman–Crippen MR) is 119 cm³/mol. The summed E-state index contributed by atoms with van der Waals surface area (Å²) < 4.78 is 1.97. The van der Waals surface area contributed by atoms with Crippen LogP contribution in [0.25, 0.3) is 21.8 Å². The number of carbonyl (C=O) groups is 1. The number of aromatic nitrogens is 1. The van der Waals surface area contributed by atoms with Crippen LogP contribution in [0.1, 0.15) is 19.8 Å². The first-order valence-corrected chi connectivity index (χ1v) is 10.1. The fourth-order valence-corrected chi connectivity index (χ4v) is 3.79. The summed E-state index contributed by atoms with van der Waals surface area (Å²) in [5, 5.41) is 1.28. The molecule has 0 bridgehead atoms. The van der Waals surface area contributed by atoms with Gasteiger partial charge in [0, 0.05) is 23.0 Å². The second-order valence-electron chi connectivity index (χ2n) is 7.18.